The van der Waals surface area contributed by atoms with Gasteiger partial charge in [0.05, 0.1) is 22.2 Å². The highest BCUT2D eigenvalue weighted by Crippen LogP contribution is 2.48. The van der Waals surface area contributed by atoms with Crippen LogP contribution in [0.3, 0.4) is 0 Å². The maximum absolute atomic E-state index is 15.3. The zero-order valence-electron chi connectivity index (χ0n) is 38.4. The second-order valence-corrected chi connectivity index (χ2v) is 19.6. The van der Waals surface area contributed by atoms with E-state index in [2.05, 4.69) is 61.2 Å². The molecule has 4 N–H and O–H groups in total. The number of benzene rings is 1. The topological polar surface area (TPSA) is 219 Å². The molecule has 19 nitrogen and oxygen atoms in total. The Balaban J connectivity index is 0.665. The van der Waals surface area contributed by atoms with Crippen molar-refractivity contribution < 1.29 is 28.0 Å². The van der Waals surface area contributed by atoms with Crippen molar-refractivity contribution in [1.29, 1.82) is 0 Å². The number of amides is 3. The number of piperazine rings is 1. The number of anilines is 3. The lowest BCUT2D eigenvalue weighted by Crippen LogP contribution is -2.53. The summed E-state index contributed by atoms with van der Waals surface area (Å²) < 4.78 is 28.9. The molecule has 1 aliphatic carbocycles. The van der Waals surface area contributed by atoms with E-state index in [1.807, 2.05) is 17.1 Å². The molecule has 4 aliphatic heterocycles. The van der Waals surface area contributed by atoms with Gasteiger partial charge in [0.2, 0.25) is 11.8 Å². The van der Waals surface area contributed by atoms with E-state index in [1.54, 1.807) is 17.0 Å². The van der Waals surface area contributed by atoms with E-state index in [1.165, 1.54) is 12.4 Å². The summed E-state index contributed by atoms with van der Waals surface area (Å²) in [4.78, 5) is 64.1. The largest absolute Gasteiger partial charge is 0.448 e. The number of carbonyl (C=O) groups excluding carboxylic acids is 3. The van der Waals surface area contributed by atoms with Crippen molar-refractivity contribution in [2.45, 2.75) is 102 Å². The highest BCUT2D eigenvalue weighted by Gasteiger charge is 2.37. The Morgan fingerprint density at radius 3 is 2.34 bits per heavy atom. The fraction of sp³-hybridized carbons (Fsp3) is 0.553. The molecule has 20 heteroatoms. The second kappa shape index (κ2) is 18.4. The van der Waals surface area contributed by atoms with Crippen LogP contribution in [-0.4, -0.2) is 145 Å². The zero-order valence-corrected chi connectivity index (χ0v) is 38.4. The summed E-state index contributed by atoms with van der Waals surface area (Å²) >= 11 is 0. The summed E-state index contributed by atoms with van der Waals surface area (Å²) in [5.74, 6) is 1.04. The van der Waals surface area contributed by atoms with Gasteiger partial charge in [0, 0.05) is 82.3 Å². The van der Waals surface area contributed by atoms with Gasteiger partial charge in [-0.2, -0.15) is 5.10 Å². The third kappa shape index (κ3) is 9.37. The molecule has 4 aromatic heterocycles. The number of aromatic nitrogens is 7. The zero-order chi connectivity index (χ0) is 46.4. The fourth-order valence-electron chi connectivity index (χ4n) is 10.1. The molecule has 0 spiro atoms. The lowest BCUT2D eigenvalue weighted by molar-refractivity contribution is -0.133. The van der Waals surface area contributed by atoms with Crippen LogP contribution in [0.4, 0.5) is 26.4 Å². The highest BCUT2D eigenvalue weighted by molar-refractivity contribution is 6.02. The Morgan fingerprint density at radius 1 is 0.910 bits per heavy atom. The number of nitrogens with zero attached hydrogens (tertiary/aromatic N) is 11. The monoisotopic (exact) mass is 918 g/mol. The molecule has 10 rings (SSSR count). The van der Waals surface area contributed by atoms with Gasteiger partial charge in [-0.25, -0.2) is 33.8 Å². The van der Waals surface area contributed by atoms with Crippen molar-refractivity contribution in [2.24, 2.45) is 0 Å². The number of ether oxygens (including phenoxy) is 1. The summed E-state index contributed by atoms with van der Waals surface area (Å²) in [5.41, 5.74) is 10.5. The number of halogens is 1. The minimum Gasteiger partial charge on any atom is -0.448 e. The van der Waals surface area contributed by atoms with E-state index >= 15 is 4.39 Å². The molecule has 354 valence electrons. The van der Waals surface area contributed by atoms with Gasteiger partial charge in [0.25, 0.3) is 0 Å². The van der Waals surface area contributed by atoms with Crippen LogP contribution in [0.2, 0.25) is 0 Å². The number of hydrogen-bond acceptors (Lipinski definition) is 16. The lowest BCUT2D eigenvalue weighted by Gasteiger charge is -2.43. The predicted molar refractivity (Wildman–Crippen MR) is 248 cm³/mol. The molecular weight excluding hydrogens is 860 g/mol. The minimum absolute atomic E-state index is 0.208. The summed E-state index contributed by atoms with van der Waals surface area (Å²) in [6.45, 7) is 13.4. The number of likely N-dealkylation sites (tertiary alicyclic amines) is 2. The SMILES string of the molecule is CC(C)(C)n1nc(-c2noc(C3CC3)c2-c2ncc(C3CCN(C(=O)OCCN4CCC(N5CCN(c6ccc(N[C@@H]7CCC(=O)NC7=O)cc6F)CC5)CC4)CC3)cn2)c2c(N)ncnc21. The predicted octanol–water partition coefficient (Wildman–Crippen LogP) is 5.11. The van der Waals surface area contributed by atoms with Crippen molar-refractivity contribution in [3.05, 3.63) is 54.1 Å². The van der Waals surface area contributed by atoms with Crippen LogP contribution >= 0.6 is 0 Å². The van der Waals surface area contributed by atoms with Gasteiger partial charge in [-0.05, 0) is 108 Å². The lowest BCUT2D eigenvalue weighted by atomic mass is 9.91. The van der Waals surface area contributed by atoms with Gasteiger partial charge >= 0.3 is 6.09 Å². The molecular formula is C47H59FN14O5. The van der Waals surface area contributed by atoms with Crippen LogP contribution in [0.15, 0.2) is 41.4 Å². The number of rotatable bonds is 11. The number of imide groups is 1. The van der Waals surface area contributed by atoms with E-state index in [9.17, 15) is 14.4 Å². The van der Waals surface area contributed by atoms with E-state index in [4.69, 9.17) is 30.1 Å². The van der Waals surface area contributed by atoms with Gasteiger partial charge in [0.1, 0.15) is 42.0 Å². The molecule has 67 heavy (non-hydrogen) atoms. The van der Waals surface area contributed by atoms with Crippen molar-refractivity contribution in [3.8, 4) is 22.8 Å². The van der Waals surface area contributed by atoms with Gasteiger partial charge in [-0.1, -0.05) is 5.16 Å². The molecule has 5 fully saturated rings. The average molecular weight is 919 g/mol. The Hall–Kier alpha value is -6.28. The fourth-order valence-corrected chi connectivity index (χ4v) is 10.1. The number of hydrogen-bond donors (Lipinski definition) is 3. The van der Waals surface area contributed by atoms with Crippen LogP contribution in [0.5, 0.6) is 0 Å². The average Bonchev–Trinajstić information content (AvgIpc) is 3.94. The maximum atomic E-state index is 15.3. The summed E-state index contributed by atoms with van der Waals surface area (Å²) in [7, 11) is 0. The molecule has 5 aliphatic rings. The van der Waals surface area contributed by atoms with Crippen LogP contribution in [0, 0.1) is 5.82 Å². The molecule has 0 unspecified atom stereocenters. The first-order valence-electron chi connectivity index (χ1n) is 23.7. The van der Waals surface area contributed by atoms with E-state index in [0.29, 0.717) is 84.1 Å². The molecule has 8 heterocycles. The second-order valence-electron chi connectivity index (χ2n) is 19.6. The Morgan fingerprint density at radius 2 is 1.66 bits per heavy atom. The standard InChI is InChI=1S/C47H59FN14O5/c1-47(2,3)62-44-38(42(49)52-27-53-44)39(56-62)40-37(41(67-57-40)29-4-5-29)43-50-25-30(26-51-43)28-10-16-61(17-11-28)46(65)66-23-22-58-14-12-32(13-15-58)59-18-20-60(21-19-59)35-8-6-31(24-33(35)48)54-34-7-9-36(63)55-45(34)64/h6,8,24-29,32,34,54H,4-5,7,9-23H2,1-3H3,(H2,49,52,53)(H,55,63,64)/t34-/m1/s1. The quantitative estimate of drug-likeness (QED) is 0.147. The van der Waals surface area contributed by atoms with Crippen LogP contribution in [0.1, 0.15) is 95.3 Å². The Labute approximate surface area is 388 Å². The molecule has 5 aromatic rings. The van der Waals surface area contributed by atoms with Crippen molar-refractivity contribution in [1.82, 2.24) is 54.9 Å². The van der Waals surface area contributed by atoms with Gasteiger partial charge in [-0.15, -0.1) is 0 Å². The number of nitrogens with two attached hydrogens (primary N) is 1. The van der Waals surface area contributed by atoms with Crippen molar-refractivity contribution in [2.75, 3.05) is 81.5 Å². The number of carbonyl (C=O) groups is 3. The molecule has 1 atom stereocenters. The van der Waals surface area contributed by atoms with Crippen LogP contribution in [-0.2, 0) is 19.9 Å². The summed E-state index contributed by atoms with van der Waals surface area (Å²) in [6.07, 6.45) is 11.2. The first-order valence-corrected chi connectivity index (χ1v) is 23.7. The number of nitrogen functional groups attached to an aromatic ring is 1. The molecule has 3 amide bonds. The van der Waals surface area contributed by atoms with E-state index in [-0.39, 0.29) is 47.5 Å². The highest BCUT2D eigenvalue weighted by atomic mass is 19.1. The van der Waals surface area contributed by atoms with Gasteiger partial charge in [0.15, 0.2) is 17.2 Å². The molecule has 0 radical (unpaired) electrons. The van der Waals surface area contributed by atoms with Crippen LogP contribution in [0.25, 0.3) is 33.8 Å². The van der Waals surface area contributed by atoms with E-state index in [0.717, 1.165) is 94.7 Å². The first kappa shape index (κ1) is 44.6. The third-order valence-electron chi connectivity index (χ3n) is 14.0. The third-order valence-corrected chi connectivity index (χ3v) is 14.0. The summed E-state index contributed by atoms with van der Waals surface area (Å²) in [5, 5.41) is 15.5. The molecule has 1 saturated carbocycles. The van der Waals surface area contributed by atoms with Crippen molar-refractivity contribution >= 4 is 46.1 Å². The molecule has 0 bridgehead atoms. The maximum Gasteiger partial charge on any atom is 0.409 e. The van der Waals surface area contributed by atoms with Crippen molar-refractivity contribution in [3.63, 3.8) is 0 Å². The Bertz CT molecular complexity index is 2620. The summed E-state index contributed by atoms with van der Waals surface area (Å²) in [6, 6.07) is 4.90. The number of nitrogens with one attached hydrogen (secondary N) is 2. The first-order chi connectivity index (χ1) is 32.4. The van der Waals surface area contributed by atoms with Gasteiger partial charge < -0.3 is 30.1 Å². The normalized spacial score (nSPS) is 20.7. The smallest absolute Gasteiger partial charge is 0.409 e. The Kier molecular flexibility index (Phi) is 12.3. The van der Waals surface area contributed by atoms with E-state index < -0.39 is 6.04 Å². The number of fused-ring (bicyclic) bond motifs is 1. The number of piperidine rings is 3. The molecule has 1 aromatic carbocycles. The van der Waals surface area contributed by atoms with Crippen LogP contribution < -0.4 is 21.3 Å². The molecule has 4 saturated heterocycles. The van der Waals surface area contributed by atoms with Gasteiger partial charge in [-0.3, -0.25) is 24.7 Å². The minimum atomic E-state index is -0.557.